The van der Waals surface area contributed by atoms with Crippen LogP contribution >= 0.6 is 12.6 Å². The lowest BCUT2D eigenvalue weighted by Crippen LogP contribution is -2.52. The Hall–Kier alpha value is -0.130. The summed E-state index contributed by atoms with van der Waals surface area (Å²) in [5, 5.41) is 0.283. The van der Waals surface area contributed by atoms with Crippen molar-refractivity contribution in [3.05, 3.63) is 0 Å². The van der Waals surface area contributed by atoms with E-state index in [1.807, 2.05) is 0 Å². The summed E-state index contributed by atoms with van der Waals surface area (Å²) in [6.45, 7) is 21.2. The standard InChI is InChI=1S/C20H38OS/c1-11-13-14-20(10,16(3)22)19(8,9)17(4,5)15-18(6,7)21-12-2/h1,16,22H,12-15H2,2-10H3. The van der Waals surface area contributed by atoms with Crippen LogP contribution in [0.4, 0.5) is 0 Å². The van der Waals surface area contributed by atoms with Gasteiger partial charge in [-0.1, -0.05) is 41.5 Å². The molecule has 0 aliphatic rings. The number of rotatable bonds is 9. The summed E-state index contributed by atoms with van der Waals surface area (Å²) in [6, 6.07) is 0. The van der Waals surface area contributed by atoms with Crippen molar-refractivity contribution in [3.63, 3.8) is 0 Å². The molecule has 2 atom stereocenters. The van der Waals surface area contributed by atoms with Gasteiger partial charge >= 0.3 is 0 Å². The van der Waals surface area contributed by atoms with Crippen molar-refractivity contribution in [1.29, 1.82) is 0 Å². The summed E-state index contributed by atoms with van der Waals surface area (Å²) < 4.78 is 5.96. The molecular weight excluding hydrogens is 288 g/mol. The minimum Gasteiger partial charge on any atom is -0.376 e. The second-order valence-corrected chi connectivity index (χ2v) is 9.45. The molecule has 0 spiro atoms. The zero-order valence-electron chi connectivity index (χ0n) is 16.3. The van der Waals surface area contributed by atoms with E-state index in [0.29, 0.717) is 0 Å². The normalized spacial score (nSPS) is 17.7. The van der Waals surface area contributed by atoms with Crippen LogP contribution in [0.25, 0.3) is 0 Å². The third kappa shape index (κ3) is 4.68. The number of thiol groups is 1. The van der Waals surface area contributed by atoms with Crippen LogP contribution in [-0.2, 0) is 4.74 Å². The fraction of sp³-hybridized carbons (Fsp3) is 0.900. The Morgan fingerprint density at radius 3 is 1.95 bits per heavy atom. The van der Waals surface area contributed by atoms with Gasteiger partial charge in [-0.3, -0.25) is 0 Å². The lowest BCUT2D eigenvalue weighted by atomic mass is 9.50. The van der Waals surface area contributed by atoms with E-state index in [0.717, 1.165) is 25.9 Å². The lowest BCUT2D eigenvalue weighted by molar-refractivity contribution is -0.102. The molecule has 0 amide bonds. The average Bonchev–Trinajstić information content (AvgIpc) is 2.33. The van der Waals surface area contributed by atoms with Gasteiger partial charge in [0.1, 0.15) is 0 Å². The van der Waals surface area contributed by atoms with Gasteiger partial charge in [0, 0.05) is 18.3 Å². The minimum absolute atomic E-state index is 0.0638. The van der Waals surface area contributed by atoms with Crippen LogP contribution in [0.15, 0.2) is 0 Å². The van der Waals surface area contributed by atoms with Gasteiger partial charge in [-0.2, -0.15) is 12.6 Å². The predicted molar refractivity (Wildman–Crippen MR) is 103 cm³/mol. The fourth-order valence-corrected chi connectivity index (χ4v) is 4.33. The number of hydrogen-bond donors (Lipinski definition) is 1. The maximum Gasteiger partial charge on any atom is 0.0631 e. The topological polar surface area (TPSA) is 9.23 Å². The lowest BCUT2D eigenvalue weighted by Gasteiger charge is -2.57. The van der Waals surface area contributed by atoms with E-state index in [2.05, 4.69) is 68.2 Å². The van der Waals surface area contributed by atoms with Gasteiger partial charge in [0.25, 0.3) is 0 Å². The molecule has 0 aliphatic carbocycles. The van der Waals surface area contributed by atoms with Gasteiger partial charge in [0.15, 0.2) is 0 Å². The molecule has 2 unspecified atom stereocenters. The average molecular weight is 327 g/mol. The molecule has 0 heterocycles. The first kappa shape index (κ1) is 21.9. The zero-order valence-corrected chi connectivity index (χ0v) is 17.2. The van der Waals surface area contributed by atoms with Crippen molar-refractivity contribution in [1.82, 2.24) is 0 Å². The molecule has 0 saturated carbocycles. The van der Waals surface area contributed by atoms with Crippen LogP contribution in [0.5, 0.6) is 0 Å². The summed E-state index contributed by atoms with van der Waals surface area (Å²) in [5.74, 6) is 2.81. The first-order valence-electron chi connectivity index (χ1n) is 8.53. The molecule has 2 heteroatoms. The van der Waals surface area contributed by atoms with Gasteiger partial charge < -0.3 is 4.74 Å². The third-order valence-electron chi connectivity index (χ3n) is 6.23. The predicted octanol–water partition coefficient (Wildman–Crippen LogP) is 5.98. The van der Waals surface area contributed by atoms with E-state index < -0.39 is 0 Å². The number of terminal acetylenes is 1. The minimum atomic E-state index is -0.123. The second-order valence-electron chi connectivity index (χ2n) is 8.68. The Labute approximate surface area is 145 Å². The van der Waals surface area contributed by atoms with E-state index in [-0.39, 0.29) is 27.1 Å². The molecule has 130 valence electrons. The highest BCUT2D eigenvalue weighted by Gasteiger charge is 2.53. The van der Waals surface area contributed by atoms with Gasteiger partial charge in [0.2, 0.25) is 0 Å². The molecule has 0 aliphatic heterocycles. The maximum atomic E-state index is 5.96. The molecule has 0 rings (SSSR count). The molecule has 0 saturated heterocycles. The summed E-state index contributed by atoms with van der Waals surface area (Å²) in [6.07, 6.45) is 8.34. The summed E-state index contributed by atoms with van der Waals surface area (Å²) in [4.78, 5) is 0. The van der Waals surface area contributed by atoms with Crippen LogP contribution < -0.4 is 0 Å². The van der Waals surface area contributed by atoms with Crippen LogP contribution in [0, 0.1) is 28.6 Å². The largest absolute Gasteiger partial charge is 0.376 e. The highest BCUT2D eigenvalue weighted by Crippen LogP contribution is 2.58. The number of ether oxygens (including phenoxy) is 1. The van der Waals surface area contributed by atoms with Crippen molar-refractivity contribution < 1.29 is 4.74 Å². The van der Waals surface area contributed by atoms with Crippen LogP contribution in [0.3, 0.4) is 0 Å². The van der Waals surface area contributed by atoms with Crippen LogP contribution in [0.1, 0.15) is 81.6 Å². The Balaban J connectivity index is 5.59. The summed E-state index contributed by atoms with van der Waals surface area (Å²) in [5.41, 5.74) is 0.120. The SMILES string of the molecule is C#CCCC(C)(C(C)S)C(C)(C)C(C)(C)CC(C)(C)OCC. The molecule has 0 aromatic carbocycles. The molecule has 0 aromatic rings. The Morgan fingerprint density at radius 1 is 1.09 bits per heavy atom. The van der Waals surface area contributed by atoms with Crippen molar-refractivity contribution in [3.8, 4) is 12.3 Å². The Bertz CT molecular complexity index is 387. The number of hydrogen-bond acceptors (Lipinski definition) is 2. The van der Waals surface area contributed by atoms with Crippen molar-refractivity contribution in [2.45, 2.75) is 92.4 Å². The molecule has 0 radical (unpaired) electrons. The smallest absolute Gasteiger partial charge is 0.0631 e. The second kappa shape index (κ2) is 7.63. The van der Waals surface area contributed by atoms with Crippen LogP contribution in [0.2, 0.25) is 0 Å². The fourth-order valence-electron chi connectivity index (χ4n) is 3.88. The van der Waals surface area contributed by atoms with E-state index in [4.69, 9.17) is 23.8 Å². The van der Waals surface area contributed by atoms with Gasteiger partial charge in [-0.05, 0) is 49.9 Å². The van der Waals surface area contributed by atoms with Gasteiger partial charge in [0.05, 0.1) is 5.60 Å². The van der Waals surface area contributed by atoms with E-state index >= 15 is 0 Å². The highest BCUT2D eigenvalue weighted by molar-refractivity contribution is 7.81. The summed E-state index contributed by atoms with van der Waals surface area (Å²) >= 11 is 4.83. The molecule has 0 fully saturated rings. The first-order chi connectivity index (χ1) is 9.77. The molecule has 0 N–H and O–H groups in total. The maximum absolute atomic E-state index is 5.96. The van der Waals surface area contributed by atoms with Gasteiger partial charge in [-0.25, -0.2) is 0 Å². The van der Waals surface area contributed by atoms with Gasteiger partial charge in [-0.15, -0.1) is 12.3 Å². The summed E-state index contributed by atoms with van der Waals surface area (Å²) in [7, 11) is 0. The molecule has 22 heavy (non-hydrogen) atoms. The van der Waals surface area contributed by atoms with E-state index in [9.17, 15) is 0 Å². The van der Waals surface area contributed by atoms with Crippen LogP contribution in [-0.4, -0.2) is 17.5 Å². The monoisotopic (exact) mass is 326 g/mol. The van der Waals surface area contributed by atoms with Crippen molar-refractivity contribution in [2.24, 2.45) is 16.2 Å². The quantitative estimate of drug-likeness (QED) is 0.405. The highest BCUT2D eigenvalue weighted by atomic mass is 32.1. The van der Waals surface area contributed by atoms with E-state index in [1.54, 1.807) is 0 Å². The van der Waals surface area contributed by atoms with Crippen molar-refractivity contribution >= 4 is 12.6 Å². The Morgan fingerprint density at radius 2 is 1.59 bits per heavy atom. The molecular formula is C20H38OS. The Kier molecular flexibility index (Phi) is 7.58. The molecule has 1 nitrogen and oxygen atoms in total. The third-order valence-corrected chi connectivity index (χ3v) is 6.80. The van der Waals surface area contributed by atoms with Crippen molar-refractivity contribution in [2.75, 3.05) is 6.61 Å². The first-order valence-corrected chi connectivity index (χ1v) is 9.04. The molecule has 0 bridgehead atoms. The molecule has 0 aromatic heterocycles. The zero-order chi connectivity index (χ0) is 17.8. The van der Waals surface area contributed by atoms with E-state index in [1.165, 1.54) is 0 Å².